The maximum Gasteiger partial charge on any atom is 0.358 e. The van der Waals surface area contributed by atoms with Crippen molar-refractivity contribution in [3.05, 3.63) is 120 Å². The molecule has 0 unspecified atom stereocenters. The number of nitrogens with one attached hydrogen (secondary N) is 2. The zero-order valence-corrected chi connectivity index (χ0v) is 33.1. The first-order chi connectivity index (χ1) is 26.3. The van der Waals surface area contributed by atoms with E-state index in [0.29, 0.717) is 54.1 Å². The molecule has 9 atom stereocenters. The van der Waals surface area contributed by atoms with E-state index in [0.717, 1.165) is 6.42 Å². The summed E-state index contributed by atoms with van der Waals surface area (Å²) in [5.74, 6) is 1.79. The van der Waals surface area contributed by atoms with Gasteiger partial charge in [-0.05, 0) is 62.0 Å². The Bertz CT molecular complexity index is 1870. The van der Waals surface area contributed by atoms with Crippen LogP contribution in [0.1, 0.15) is 100 Å². The fraction of sp³-hybridized carbons (Fsp3) is 0.467. The van der Waals surface area contributed by atoms with Crippen LogP contribution in [0.3, 0.4) is 0 Å². The summed E-state index contributed by atoms with van der Waals surface area (Å²) >= 11 is 0. The number of aromatic amines is 2. The van der Waals surface area contributed by atoms with Crippen molar-refractivity contribution < 1.29 is 29.3 Å². The van der Waals surface area contributed by atoms with Crippen molar-refractivity contribution in [2.24, 2.45) is 40.4 Å². The Morgan fingerprint density at radius 3 is 1.67 bits per heavy atom. The lowest BCUT2D eigenvalue weighted by Gasteiger charge is -2.36. The van der Waals surface area contributed by atoms with E-state index in [-0.39, 0.29) is 11.4 Å². The number of cyclic esters (lactones) is 2. The van der Waals surface area contributed by atoms with Gasteiger partial charge in [0.2, 0.25) is 0 Å². The van der Waals surface area contributed by atoms with E-state index in [4.69, 9.17) is 9.47 Å². The third-order valence-corrected chi connectivity index (χ3v) is 11.3. The van der Waals surface area contributed by atoms with E-state index in [9.17, 15) is 19.8 Å². The number of aliphatic hydroxyl groups excluding tert-OH is 2. The lowest BCUT2D eigenvalue weighted by Crippen LogP contribution is -2.42. The number of ether oxygens (including phenoxy) is 2. The lowest BCUT2D eigenvalue weighted by molar-refractivity contribution is -0.0461. The zero-order chi connectivity index (χ0) is 39.8. The number of rotatable bonds is 6. The summed E-state index contributed by atoms with van der Waals surface area (Å²) in [7, 11) is 0. The number of aliphatic hydroxyl groups is 2. The number of carbonyl (C=O) groups is 2. The van der Waals surface area contributed by atoms with Gasteiger partial charge >= 0.3 is 11.9 Å². The number of nitrogens with zero attached hydrogens (tertiary/aromatic N) is 2. The van der Waals surface area contributed by atoms with Crippen LogP contribution in [0.15, 0.2) is 97.5 Å². The minimum Gasteiger partial charge on any atom is -0.457 e. The van der Waals surface area contributed by atoms with E-state index in [2.05, 4.69) is 51.2 Å². The molecule has 2 fully saturated rings. The van der Waals surface area contributed by atoms with Crippen LogP contribution < -0.4 is 0 Å². The van der Waals surface area contributed by atoms with Crippen LogP contribution in [0.2, 0.25) is 0 Å². The molecule has 0 aromatic carbocycles. The number of allylic oxidation sites excluding steroid dienone is 10. The second kappa shape index (κ2) is 18.2. The molecule has 294 valence electrons. The molecule has 0 amide bonds. The number of carbonyl (C=O) groups excluding carboxylic acids is 2. The number of hydrogen-bond donors (Lipinski definition) is 4. The van der Waals surface area contributed by atoms with Crippen LogP contribution in [-0.2, 0) is 9.47 Å². The predicted molar refractivity (Wildman–Crippen MR) is 216 cm³/mol. The molecular weight excluding hydrogens is 693 g/mol. The molecule has 2 aliphatic carbocycles. The van der Waals surface area contributed by atoms with E-state index in [1.54, 1.807) is 48.8 Å². The first-order valence-corrected chi connectivity index (χ1v) is 19.4. The second-order valence-corrected chi connectivity index (χ2v) is 16.1. The fourth-order valence-electron chi connectivity index (χ4n) is 6.92. The Kier molecular flexibility index (Phi) is 13.7. The number of esters is 2. The maximum absolute atomic E-state index is 13.4. The highest BCUT2D eigenvalue weighted by atomic mass is 16.6. The minimum absolute atomic E-state index is 0.172. The van der Waals surface area contributed by atoms with Crippen LogP contribution in [0, 0.1) is 40.4 Å². The van der Waals surface area contributed by atoms with Gasteiger partial charge < -0.3 is 29.7 Å². The van der Waals surface area contributed by atoms with E-state index in [1.165, 1.54) is 0 Å². The highest BCUT2D eigenvalue weighted by Crippen LogP contribution is 2.48. The molecule has 2 saturated carbocycles. The number of hydrogen-bond acceptors (Lipinski definition) is 8. The monoisotopic (exact) mass is 750 g/mol. The third-order valence-electron chi connectivity index (χ3n) is 11.3. The zero-order valence-electron chi connectivity index (χ0n) is 33.1. The molecule has 55 heavy (non-hydrogen) atoms. The molecule has 0 spiro atoms. The smallest absolute Gasteiger partial charge is 0.358 e. The molecule has 0 saturated heterocycles. The molecule has 5 rings (SSSR count). The molecule has 2 aromatic heterocycles. The number of fused-ring (bicyclic) bond motifs is 6. The highest BCUT2D eigenvalue weighted by molar-refractivity contribution is 5.88. The normalized spacial score (nSPS) is 31.5. The van der Waals surface area contributed by atoms with Gasteiger partial charge in [-0.1, -0.05) is 120 Å². The van der Waals surface area contributed by atoms with Gasteiger partial charge in [-0.2, -0.15) is 0 Å². The van der Waals surface area contributed by atoms with Gasteiger partial charge in [-0.3, -0.25) is 0 Å². The first-order valence-electron chi connectivity index (χ1n) is 19.4. The Hall–Kier alpha value is -4.80. The molecule has 4 bridgehead atoms. The Morgan fingerprint density at radius 1 is 0.709 bits per heavy atom. The molecule has 2 aromatic rings. The summed E-state index contributed by atoms with van der Waals surface area (Å²) in [4.78, 5) is 41.7. The van der Waals surface area contributed by atoms with Crippen molar-refractivity contribution in [2.45, 2.75) is 92.1 Å². The van der Waals surface area contributed by atoms with Crippen molar-refractivity contribution in [3.8, 4) is 0 Å². The number of imidazole rings is 2. The summed E-state index contributed by atoms with van der Waals surface area (Å²) in [5.41, 5.74) is -1.18. The second-order valence-electron chi connectivity index (χ2n) is 16.1. The molecule has 10 heteroatoms. The van der Waals surface area contributed by atoms with Gasteiger partial charge in [0.05, 0.1) is 12.2 Å². The largest absolute Gasteiger partial charge is 0.457 e. The molecule has 1 aliphatic heterocycles. The van der Waals surface area contributed by atoms with Gasteiger partial charge in [0, 0.05) is 36.1 Å². The molecule has 0 radical (unpaired) electrons. The van der Waals surface area contributed by atoms with Crippen LogP contribution in [-0.4, -0.2) is 66.5 Å². The van der Waals surface area contributed by atoms with Crippen LogP contribution in [0.4, 0.5) is 0 Å². The fourth-order valence-corrected chi connectivity index (χ4v) is 6.92. The van der Waals surface area contributed by atoms with Crippen LogP contribution >= 0.6 is 0 Å². The van der Waals surface area contributed by atoms with Crippen molar-refractivity contribution in [1.82, 2.24) is 19.9 Å². The Labute approximate surface area is 325 Å². The Morgan fingerprint density at radius 2 is 1.16 bits per heavy atom. The summed E-state index contributed by atoms with van der Waals surface area (Å²) in [6.45, 7) is 13.5. The van der Waals surface area contributed by atoms with Gasteiger partial charge in [0.25, 0.3) is 0 Å². The average Bonchev–Trinajstić information content (AvgIpc) is 3.82. The minimum atomic E-state index is -0.818. The molecule has 3 aliphatic rings. The van der Waals surface area contributed by atoms with Crippen LogP contribution in [0.25, 0.3) is 12.2 Å². The third kappa shape index (κ3) is 10.7. The summed E-state index contributed by atoms with van der Waals surface area (Å²) in [5, 5.41) is 21.9. The van der Waals surface area contributed by atoms with Crippen molar-refractivity contribution in [3.63, 3.8) is 0 Å². The molecule has 3 heterocycles. The van der Waals surface area contributed by atoms with E-state index >= 15 is 0 Å². The topological polar surface area (TPSA) is 150 Å². The number of H-pyrrole nitrogens is 2. The van der Waals surface area contributed by atoms with E-state index in [1.807, 2.05) is 78.0 Å². The van der Waals surface area contributed by atoms with E-state index < -0.39 is 47.2 Å². The van der Waals surface area contributed by atoms with Crippen molar-refractivity contribution in [2.75, 3.05) is 0 Å². The van der Waals surface area contributed by atoms with Crippen molar-refractivity contribution >= 4 is 24.1 Å². The van der Waals surface area contributed by atoms with Gasteiger partial charge in [0.1, 0.15) is 23.9 Å². The first kappa shape index (κ1) is 41.4. The van der Waals surface area contributed by atoms with Crippen LogP contribution in [0.5, 0.6) is 0 Å². The molecule has 10 nitrogen and oxygen atoms in total. The summed E-state index contributed by atoms with van der Waals surface area (Å²) in [6, 6.07) is 0. The highest BCUT2D eigenvalue weighted by Gasteiger charge is 2.43. The van der Waals surface area contributed by atoms with Gasteiger partial charge in [0.15, 0.2) is 11.4 Å². The standard InChI is InChI=1S/C45H58N4O6/c1-8-16-36(50)44(4,5)38-22-14-19-31-26-30(31)18-10-12-24-40-46-27-35(48-40)43(53)55-39(45(6,7)37(51)17-9-2)23-15-21-33-29(3)32(33)20-11-13-25-41-47-28-34(49-41)42(52)54-38/h8-21,24-25,27-33,36-39,50-51H,22-23,26H2,1-7H3,(H,46,48)(H,47,49)/b16-8+,17-9+,18-10+,19-14-,20-11+,21-15-,24-12-,25-13-/t29-,30+,31-,32+,33-,36-,37-,38-,39-/m0/s1. The number of aromatic nitrogens is 4. The predicted octanol–water partition coefficient (Wildman–Crippen LogP) is 8.37. The molecular formula is C45H58N4O6. The van der Waals surface area contributed by atoms with Gasteiger partial charge in [-0.15, -0.1) is 0 Å². The summed E-state index contributed by atoms with van der Waals surface area (Å²) in [6.07, 6.45) is 33.2. The average molecular weight is 751 g/mol. The molecule has 4 N–H and O–H groups in total. The maximum atomic E-state index is 13.4. The quantitative estimate of drug-likeness (QED) is 0.170. The van der Waals surface area contributed by atoms with Crippen molar-refractivity contribution in [1.29, 1.82) is 0 Å². The summed E-state index contributed by atoms with van der Waals surface area (Å²) < 4.78 is 12.1. The van der Waals surface area contributed by atoms with Gasteiger partial charge in [-0.25, -0.2) is 19.6 Å². The lowest BCUT2D eigenvalue weighted by atomic mass is 9.79. The Balaban J connectivity index is 1.37. The SMILES string of the molecule is C/C=C/[C@H](O)C(C)(C)[C@@H]1C/C=C\[C@H]2C[C@H]2/C=C/C=C\c2nc(c[nH]2)C(=O)O[C@H](C(C)(C)[C@@H](O)/C=C/C)C/C=C\[C@H]2[C@@H](C)[C@H]2/C=C/C=C\c2nc(c[nH]2)C(=O)O1.